The van der Waals surface area contributed by atoms with Gasteiger partial charge in [-0.05, 0) is 17.7 Å². The van der Waals surface area contributed by atoms with Crippen molar-refractivity contribution in [2.75, 3.05) is 12.4 Å². The van der Waals surface area contributed by atoms with Gasteiger partial charge in [0.05, 0.1) is 5.75 Å². The van der Waals surface area contributed by atoms with Crippen LogP contribution in [-0.2, 0) is 20.9 Å². The summed E-state index contributed by atoms with van der Waals surface area (Å²) in [5.74, 6) is -0.513. The van der Waals surface area contributed by atoms with E-state index in [0.717, 1.165) is 10.5 Å². The second-order valence-electron chi connectivity index (χ2n) is 4.52. The number of hydrogen-bond donors (Lipinski definition) is 1. The van der Waals surface area contributed by atoms with Crippen LogP contribution in [0.4, 0.5) is 0 Å². The molecule has 0 heterocycles. The molecular formula is C17H17NO3S. The molecule has 0 saturated heterocycles. The van der Waals surface area contributed by atoms with E-state index < -0.39 is 5.97 Å². The summed E-state index contributed by atoms with van der Waals surface area (Å²) < 4.78 is 4.94. The summed E-state index contributed by atoms with van der Waals surface area (Å²) in [6, 6.07) is 19.1. The van der Waals surface area contributed by atoms with E-state index in [9.17, 15) is 9.59 Å². The number of nitrogens with one attached hydrogen (secondary N) is 1. The van der Waals surface area contributed by atoms with Crippen LogP contribution in [0.1, 0.15) is 5.56 Å². The summed E-state index contributed by atoms with van der Waals surface area (Å²) in [5.41, 5.74) is 1.00. The van der Waals surface area contributed by atoms with Crippen LogP contribution >= 0.6 is 11.8 Å². The maximum Gasteiger partial charge on any atom is 0.316 e. The average Bonchev–Trinajstić information content (AvgIpc) is 2.58. The van der Waals surface area contributed by atoms with Crippen LogP contribution in [0.3, 0.4) is 0 Å². The first-order chi connectivity index (χ1) is 10.7. The van der Waals surface area contributed by atoms with E-state index >= 15 is 0 Å². The van der Waals surface area contributed by atoms with Crippen molar-refractivity contribution in [2.24, 2.45) is 0 Å². The quantitative estimate of drug-likeness (QED) is 0.630. The predicted octanol–water partition coefficient (Wildman–Crippen LogP) is 2.64. The number of rotatable bonds is 7. The third-order valence-corrected chi connectivity index (χ3v) is 3.78. The second-order valence-corrected chi connectivity index (χ2v) is 5.57. The molecule has 0 aliphatic heterocycles. The Labute approximate surface area is 133 Å². The smallest absolute Gasteiger partial charge is 0.316 e. The molecule has 5 heteroatoms. The minimum absolute atomic E-state index is 0.190. The van der Waals surface area contributed by atoms with Crippen LogP contribution in [-0.4, -0.2) is 24.2 Å². The van der Waals surface area contributed by atoms with Gasteiger partial charge in [0.1, 0.15) is 0 Å². The van der Waals surface area contributed by atoms with Gasteiger partial charge in [-0.3, -0.25) is 9.59 Å². The van der Waals surface area contributed by atoms with Crippen LogP contribution < -0.4 is 5.32 Å². The second kappa shape index (κ2) is 8.89. The first kappa shape index (κ1) is 16.1. The summed E-state index contributed by atoms with van der Waals surface area (Å²) in [6.07, 6.45) is 0. The van der Waals surface area contributed by atoms with Crippen molar-refractivity contribution in [1.29, 1.82) is 0 Å². The van der Waals surface area contributed by atoms with Gasteiger partial charge in [0, 0.05) is 11.4 Å². The fourth-order valence-electron chi connectivity index (χ4n) is 1.69. The fraction of sp³-hybridized carbons (Fsp3) is 0.176. The van der Waals surface area contributed by atoms with Crippen LogP contribution in [0.2, 0.25) is 0 Å². The predicted molar refractivity (Wildman–Crippen MR) is 86.4 cm³/mol. The molecule has 114 valence electrons. The van der Waals surface area contributed by atoms with Gasteiger partial charge in [-0.1, -0.05) is 48.5 Å². The van der Waals surface area contributed by atoms with Crippen LogP contribution in [0.15, 0.2) is 65.6 Å². The van der Waals surface area contributed by atoms with Crippen molar-refractivity contribution in [3.63, 3.8) is 0 Å². The largest absolute Gasteiger partial charge is 0.455 e. The molecule has 0 aromatic heterocycles. The molecule has 0 unspecified atom stereocenters. The van der Waals surface area contributed by atoms with Crippen molar-refractivity contribution in [1.82, 2.24) is 5.32 Å². The molecule has 1 N–H and O–H groups in total. The molecule has 0 radical (unpaired) electrons. The summed E-state index contributed by atoms with van der Waals surface area (Å²) in [4.78, 5) is 24.2. The van der Waals surface area contributed by atoms with Gasteiger partial charge in [0.2, 0.25) is 0 Å². The summed E-state index contributed by atoms with van der Waals surface area (Å²) in [5, 5.41) is 2.71. The first-order valence-corrected chi connectivity index (χ1v) is 7.87. The van der Waals surface area contributed by atoms with Crippen molar-refractivity contribution < 1.29 is 14.3 Å². The zero-order chi connectivity index (χ0) is 15.6. The van der Waals surface area contributed by atoms with Gasteiger partial charge >= 0.3 is 5.97 Å². The number of carbonyl (C=O) groups excluding carboxylic acids is 2. The third kappa shape index (κ3) is 6.01. The van der Waals surface area contributed by atoms with Crippen molar-refractivity contribution in [3.05, 3.63) is 66.2 Å². The molecular weight excluding hydrogens is 298 g/mol. The van der Waals surface area contributed by atoms with Gasteiger partial charge in [0.15, 0.2) is 6.61 Å². The Morgan fingerprint density at radius 2 is 1.59 bits per heavy atom. The normalized spacial score (nSPS) is 10.0. The maximum absolute atomic E-state index is 11.6. The van der Waals surface area contributed by atoms with Gasteiger partial charge in [-0.25, -0.2) is 0 Å². The number of thioether (sulfide) groups is 1. The zero-order valence-electron chi connectivity index (χ0n) is 12.0. The Kier molecular flexibility index (Phi) is 6.51. The molecule has 22 heavy (non-hydrogen) atoms. The highest BCUT2D eigenvalue weighted by atomic mass is 32.2. The monoisotopic (exact) mass is 315 g/mol. The first-order valence-electron chi connectivity index (χ1n) is 6.88. The number of carbonyl (C=O) groups is 2. The lowest BCUT2D eigenvalue weighted by atomic mass is 10.2. The molecule has 2 aromatic rings. The molecule has 0 saturated carbocycles. The highest BCUT2D eigenvalue weighted by Gasteiger charge is 2.08. The van der Waals surface area contributed by atoms with E-state index in [0.29, 0.717) is 6.54 Å². The molecule has 2 aromatic carbocycles. The number of hydrogen-bond acceptors (Lipinski definition) is 4. The Morgan fingerprint density at radius 1 is 0.955 bits per heavy atom. The third-order valence-electron chi connectivity index (χ3n) is 2.80. The SMILES string of the molecule is O=C(COC(=O)CSc1ccccc1)NCc1ccccc1. The fourth-order valence-corrected chi connectivity index (χ4v) is 2.41. The maximum atomic E-state index is 11.6. The molecule has 0 atom stereocenters. The average molecular weight is 315 g/mol. The Balaban J connectivity index is 1.62. The Bertz CT molecular complexity index is 546. The number of amides is 1. The van der Waals surface area contributed by atoms with Crippen molar-refractivity contribution in [3.8, 4) is 0 Å². The number of benzene rings is 2. The lowest BCUT2D eigenvalue weighted by Crippen LogP contribution is -2.28. The van der Waals surface area contributed by atoms with E-state index in [1.54, 1.807) is 0 Å². The van der Waals surface area contributed by atoms with Crippen LogP contribution in [0, 0.1) is 0 Å². The lowest BCUT2D eigenvalue weighted by Gasteiger charge is -2.06. The van der Waals surface area contributed by atoms with E-state index in [1.165, 1.54) is 11.8 Å². The zero-order valence-corrected chi connectivity index (χ0v) is 12.8. The van der Waals surface area contributed by atoms with Gasteiger partial charge in [-0.2, -0.15) is 0 Å². The lowest BCUT2D eigenvalue weighted by molar-refractivity contribution is -0.145. The van der Waals surface area contributed by atoms with Gasteiger partial charge in [-0.15, -0.1) is 11.8 Å². The van der Waals surface area contributed by atoms with Gasteiger partial charge < -0.3 is 10.1 Å². The molecule has 0 bridgehead atoms. The molecule has 1 amide bonds. The van der Waals surface area contributed by atoms with Gasteiger partial charge in [0.25, 0.3) is 5.91 Å². The van der Waals surface area contributed by atoms with E-state index in [-0.39, 0.29) is 18.3 Å². The molecule has 2 rings (SSSR count). The van der Waals surface area contributed by atoms with Crippen LogP contribution in [0.25, 0.3) is 0 Å². The Morgan fingerprint density at radius 3 is 2.27 bits per heavy atom. The minimum atomic E-state index is -0.399. The number of esters is 1. The molecule has 0 spiro atoms. The molecule has 4 nitrogen and oxygen atoms in total. The Hall–Kier alpha value is -2.27. The molecule has 0 aliphatic rings. The van der Waals surface area contributed by atoms with Crippen molar-refractivity contribution in [2.45, 2.75) is 11.4 Å². The summed E-state index contributed by atoms with van der Waals surface area (Å²) in [6.45, 7) is 0.178. The van der Waals surface area contributed by atoms with E-state index in [4.69, 9.17) is 4.74 Å². The highest BCUT2D eigenvalue weighted by Crippen LogP contribution is 2.16. The van der Waals surface area contributed by atoms with Crippen LogP contribution in [0.5, 0.6) is 0 Å². The highest BCUT2D eigenvalue weighted by molar-refractivity contribution is 8.00. The topological polar surface area (TPSA) is 55.4 Å². The summed E-state index contributed by atoms with van der Waals surface area (Å²) in [7, 11) is 0. The minimum Gasteiger partial charge on any atom is -0.455 e. The standard InChI is InChI=1S/C17H17NO3S/c19-16(18-11-14-7-3-1-4-8-14)12-21-17(20)13-22-15-9-5-2-6-10-15/h1-10H,11-13H2,(H,18,19). The van der Waals surface area contributed by atoms with Crippen molar-refractivity contribution >= 4 is 23.6 Å². The van der Waals surface area contributed by atoms with E-state index in [1.807, 2.05) is 60.7 Å². The number of ether oxygens (including phenoxy) is 1. The summed E-state index contributed by atoms with van der Waals surface area (Å²) >= 11 is 1.38. The van der Waals surface area contributed by atoms with E-state index in [2.05, 4.69) is 5.32 Å². The molecule has 0 fully saturated rings. The molecule has 0 aliphatic carbocycles.